The van der Waals surface area contributed by atoms with Crippen LogP contribution < -0.4 is 14.8 Å². The lowest BCUT2D eigenvalue weighted by atomic mass is 10.1. The number of nitro groups is 1. The third-order valence-electron chi connectivity index (χ3n) is 3.76. The highest BCUT2D eigenvalue weighted by molar-refractivity contribution is 6.34. The van der Waals surface area contributed by atoms with Gasteiger partial charge >= 0.3 is 5.97 Å². The molecule has 1 aliphatic heterocycles. The first-order valence-electron chi connectivity index (χ1n) is 8.20. The normalized spacial score (nSPS) is 12.2. The van der Waals surface area contributed by atoms with Gasteiger partial charge < -0.3 is 19.5 Å². The Morgan fingerprint density at radius 3 is 2.61 bits per heavy atom. The molecule has 1 amide bonds. The van der Waals surface area contributed by atoms with Gasteiger partial charge in [0.05, 0.1) is 22.1 Å². The average molecular weight is 407 g/mol. The standard InChI is InChI=1S/C18H15ClN2O7/c19-13-9-12(21(24)25)2-3-14(13)20-17(22)10-28-18(23)8-11-1-4-15-16(7-11)27-6-5-26-15/h1-4,7,9H,5-6,8,10H2,(H,20,22). The fraction of sp³-hybridized carbons (Fsp3) is 0.222. The van der Waals surface area contributed by atoms with Gasteiger partial charge in [-0.3, -0.25) is 19.7 Å². The van der Waals surface area contributed by atoms with Crippen LogP contribution in [0.5, 0.6) is 11.5 Å². The number of nitrogens with one attached hydrogen (secondary N) is 1. The summed E-state index contributed by atoms with van der Waals surface area (Å²) in [5.41, 5.74) is 0.641. The van der Waals surface area contributed by atoms with Gasteiger partial charge in [0.15, 0.2) is 18.1 Å². The number of esters is 1. The molecule has 1 N–H and O–H groups in total. The predicted octanol–water partition coefficient (Wildman–Crippen LogP) is 2.74. The summed E-state index contributed by atoms with van der Waals surface area (Å²) in [5.74, 6) is -0.0438. The number of ether oxygens (including phenoxy) is 3. The van der Waals surface area contributed by atoms with Crippen molar-refractivity contribution < 1.29 is 28.7 Å². The van der Waals surface area contributed by atoms with Gasteiger partial charge in [0.2, 0.25) is 0 Å². The Labute approximate surface area is 164 Å². The third-order valence-corrected chi connectivity index (χ3v) is 4.07. The van der Waals surface area contributed by atoms with Crippen molar-refractivity contribution in [1.29, 1.82) is 0 Å². The molecule has 9 nitrogen and oxygen atoms in total. The summed E-state index contributed by atoms with van der Waals surface area (Å²) in [6, 6.07) is 8.73. The second kappa shape index (κ2) is 8.57. The highest BCUT2D eigenvalue weighted by Crippen LogP contribution is 2.31. The highest BCUT2D eigenvalue weighted by atomic mass is 35.5. The number of carbonyl (C=O) groups excluding carboxylic acids is 2. The van der Waals surface area contributed by atoms with E-state index in [-0.39, 0.29) is 22.8 Å². The van der Waals surface area contributed by atoms with Crippen LogP contribution in [0.15, 0.2) is 36.4 Å². The molecule has 0 aliphatic carbocycles. The lowest BCUT2D eigenvalue weighted by Gasteiger charge is -2.18. The van der Waals surface area contributed by atoms with Crippen LogP contribution in [0.2, 0.25) is 5.02 Å². The Bertz CT molecular complexity index is 932. The summed E-state index contributed by atoms with van der Waals surface area (Å²) >= 11 is 5.90. The van der Waals surface area contributed by atoms with Gasteiger partial charge in [-0.1, -0.05) is 17.7 Å². The average Bonchev–Trinajstić information content (AvgIpc) is 2.67. The van der Waals surface area contributed by atoms with E-state index in [1.807, 2.05) is 0 Å². The maximum absolute atomic E-state index is 11.9. The molecule has 0 atom stereocenters. The summed E-state index contributed by atoms with van der Waals surface area (Å²) < 4.78 is 15.8. The molecule has 1 aliphatic rings. The van der Waals surface area contributed by atoms with Crippen LogP contribution in [0, 0.1) is 10.1 Å². The number of hydrogen-bond acceptors (Lipinski definition) is 7. The van der Waals surface area contributed by atoms with Crippen molar-refractivity contribution in [2.75, 3.05) is 25.1 Å². The van der Waals surface area contributed by atoms with Gasteiger partial charge in [-0.25, -0.2) is 0 Å². The summed E-state index contributed by atoms with van der Waals surface area (Å²) in [7, 11) is 0. The van der Waals surface area contributed by atoms with Gasteiger partial charge in [-0.2, -0.15) is 0 Å². The number of hydrogen-bond donors (Lipinski definition) is 1. The Morgan fingerprint density at radius 2 is 1.89 bits per heavy atom. The van der Waals surface area contributed by atoms with Crippen molar-refractivity contribution in [2.45, 2.75) is 6.42 Å². The van der Waals surface area contributed by atoms with E-state index in [0.29, 0.717) is 30.3 Å². The van der Waals surface area contributed by atoms with E-state index in [4.69, 9.17) is 25.8 Å². The van der Waals surface area contributed by atoms with Crippen LogP contribution in [0.4, 0.5) is 11.4 Å². The molecule has 1 heterocycles. The van der Waals surface area contributed by atoms with Crippen LogP contribution in [0.3, 0.4) is 0 Å². The van der Waals surface area contributed by atoms with Crippen LogP contribution in [0.25, 0.3) is 0 Å². The molecular formula is C18H15ClN2O7. The van der Waals surface area contributed by atoms with Crippen molar-refractivity contribution in [3.05, 3.63) is 57.1 Å². The predicted molar refractivity (Wildman–Crippen MR) is 98.8 cm³/mol. The molecule has 0 saturated heterocycles. The second-order valence-corrected chi connectivity index (χ2v) is 6.19. The van der Waals surface area contributed by atoms with Gasteiger partial charge in [0.25, 0.3) is 11.6 Å². The van der Waals surface area contributed by atoms with Crippen LogP contribution in [-0.2, 0) is 20.7 Å². The molecule has 0 aromatic heterocycles. The first-order chi connectivity index (χ1) is 13.4. The van der Waals surface area contributed by atoms with E-state index < -0.39 is 23.4 Å². The monoisotopic (exact) mass is 406 g/mol. The first-order valence-corrected chi connectivity index (χ1v) is 8.58. The van der Waals surface area contributed by atoms with E-state index >= 15 is 0 Å². The SMILES string of the molecule is O=C(COC(=O)Cc1ccc2c(c1)OCCO2)Nc1ccc([N+](=O)[O-])cc1Cl. The van der Waals surface area contributed by atoms with Gasteiger partial charge in [0.1, 0.15) is 13.2 Å². The summed E-state index contributed by atoms with van der Waals surface area (Å²) in [6.07, 6.45) is -0.0395. The summed E-state index contributed by atoms with van der Waals surface area (Å²) in [5, 5.41) is 13.1. The molecule has 0 bridgehead atoms. The second-order valence-electron chi connectivity index (χ2n) is 5.78. The number of nitrogens with zero attached hydrogens (tertiary/aromatic N) is 1. The number of anilines is 1. The molecule has 0 radical (unpaired) electrons. The maximum atomic E-state index is 11.9. The fourth-order valence-electron chi connectivity index (χ4n) is 2.47. The molecule has 2 aromatic carbocycles. The van der Waals surface area contributed by atoms with Crippen molar-refractivity contribution in [1.82, 2.24) is 0 Å². The third kappa shape index (κ3) is 4.89. The number of nitro benzene ring substituents is 1. The topological polar surface area (TPSA) is 117 Å². The Hall–Kier alpha value is -3.33. The van der Waals surface area contributed by atoms with Crippen molar-refractivity contribution in [3.8, 4) is 11.5 Å². The number of benzene rings is 2. The maximum Gasteiger partial charge on any atom is 0.310 e. The number of amides is 1. The fourth-order valence-corrected chi connectivity index (χ4v) is 2.69. The molecule has 0 fully saturated rings. The Kier molecular flexibility index (Phi) is 5.95. The number of carbonyl (C=O) groups is 2. The number of rotatable bonds is 6. The smallest absolute Gasteiger partial charge is 0.310 e. The molecule has 146 valence electrons. The van der Waals surface area contributed by atoms with Crippen molar-refractivity contribution >= 4 is 34.9 Å². The van der Waals surface area contributed by atoms with E-state index in [9.17, 15) is 19.7 Å². The minimum Gasteiger partial charge on any atom is -0.486 e. The molecule has 28 heavy (non-hydrogen) atoms. The van der Waals surface area contributed by atoms with Crippen LogP contribution in [-0.4, -0.2) is 36.6 Å². The van der Waals surface area contributed by atoms with Crippen LogP contribution in [0.1, 0.15) is 5.56 Å². The Balaban J connectivity index is 1.50. The number of halogens is 1. The van der Waals surface area contributed by atoms with Crippen LogP contribution >= 0.6 is 11.6 Å². The minimum absolute atomic E-state index is 0.00477. The quantitative estimate of drug-likeness (QED) is 0.445. The molecule has 0 spiro atoms. The molecule has 2 aromatic rings. The lowest BCUT2D eigenvalue weighted by molar-refractivity contribution is -0.384. The van der Waals surface area contributed by atoms with Crippen molar-refractivity contribution in [2.24, 2.45) is 0 Å². The summed E-state index contributed by atoms with van der Waals surface area (Å²) in [4.78, 5) is 33.9. The largest absolute Gasteiger partial charge is 0.486 e. The van der Waals surface area contributed by atoms with E-state index in [0.717, 1.165) is 6.07 Å². The molecular weight excluding hydrogens is 392 g/mol. The summed E-state index contributed by atoms with van der Waals surface area (Å²) in [6.45, 7) is 0.394. The van der Waals surface area contributed by atoms with Gasteiger partial charge in [0, 0.05) is 12.1 Å². The zero-order valence-corrected chi connectivity index (χ0v) is 15.2. The van der Waals surface area contributed by atoms with Gasteiger partial charge in [-0.15, -0.1) is 0 Å². The molecule has 3 rings (SSSR count). The Morgan fingerprint density at radius 1 is 1.14 bits per heavy atom. The van der Waals surface area contributed by atoms with E-state index in [1.54, 1.807) is 18.2 Å². The zero-order chi connectivity index (χ0) is 20.1. The lowest BCUT2D eigenvalue weighted by Crippen LogP contribution is -2.22. The number of non-ortho nitro benzene ring substituents is 1. The van der Waals surface area contributed by atoms with Crippen molar-refractivity contribution in [3.63, 3.8) is 0 Å². The molecule has 0 saturated carbocycles. The molecule has 0 unspecified atom stereocenters. The molecule has 10 heteroatoms. The highest BCUT2D eigenvalue weighted by Gasteiger charge is 2.15. The minimum atomic E-state index is -0.619. The zero-order valence-electron chi connectivity index (χ0n) is 14.5. The number of fused-ring (bicyclic) bond motifs is 1. The van der Waals surface area contributed by atoms with E-state index in [2.05, 4.69) is 5.32 Å². The van der Waals surface area contributed by atoms with Gasteiger partial charge in [-0.05, 0) is 23.8 Å². The first kappa shape index (κ1) is 19.4. The van der Waals surface area contributed by atoms with E-state index in [1.165, 1.54) is 12.1 Å².